The number of nitrogens with one attached hydrogen (secondary N) is 3. The summed E-state index contributed by atoms with van der Waals surface area (Å²) < 4.78 is 26.8. The molecular formula is C20H26N4O3S. The highest BCUT2D eigenvalue weighted by Crippen LogP contribution is 2.34. The van der Waals surface area contributed by atoms with Gasteiger partial charge in [0.15, 0.2) is 0 Å². The van der Waals surface area contributed by atoms with E-state index in [1.165, 1.54) is 5.57 Å². The number of carbonyl (C=O) groups excluding carboxylic acids is 1. The highest BCUT2D eigenvalue weighted by molar-refractivity contribution is 7.89. The van der Waals surface area contributed by atoms with Gasteiger partial charge in [0.2, 0.25) is 15.9 Å². The zero-order valence-corrected chi connectivity index (χ0v) is 16.8. The van der Waals surface area contributed by atoms with Gasteiger partial charge >= 0.3 is 0 Å². The third-order valence-corrected chi connectivity index (χ3v) is 6.94. The van der Waals surface area contributed by atoms with Crippen molar-refractivity contribution in [2.24, 2.45) is 5.92 Å². The second kappa shape index (κ2) is 7.67. The summed E-state index contributed by atoms with van der Waals surface area (Å²) in [5, 5.41) is 3.94. The molecule has 7 nitrogen and oxygen atoms in total. The van der Waals surface area contributed by atoms with Crippen LogP contribution in [0, 0.1) is 5.92 Å². The lowest BCUT2D eigenvalue weighted by atomic mass is 9.90. The number of fused-ring (bicyclic) bond motifs is 1. The molecule has 2 aliphatic carbocycles. The second-order valence-electron chi connectivity index (χ2n) is 7.70. The lowest BCUT2D eigenvalue weighted by Crippen LogP contribution is -2.37. The Morgan fingerprint density at radius 1 is 1.32 bits per heavy atom. The van der Waals surface area contributed by atoms with Crippen molar-refractivity contribution in [1.29, 1.82) is 0 Å². The fourth-order valence-corrected chi connectivity index (χ4v) is 5.09. The average molecular weight is 403 g/mol. The molecule has 150 valence electrons. The monoisotopic (exact) mass is 402 g/mol. The summed E-state index contributed by atoms with van der Waals surface area (Å²) in [6.45, 7) is 1.86. The second-order valence-corrected chi connectivity index (χ2v) is 9.57. The highest BCUT2D eigenvalue weighted by Gasteiger charge is 2.30. The molecule has 0 radical (unpaired) electrons. The first-order chi connectivity index (χ1) is 13.4. The SMILES string of the molecule is CCCS(=O)(=O)NC1CC=C(c2cc(NC(=O)C3CC3)nc3[nH]ccc23)CC1. The van der Waals surface area contributed by atoms with E-state index in [-0.39, 0.29) is 23.6 Å². The van der Waals surface area contributed by atoms with E-state index in [4.69, 9.17) is 0 Å². The Kier molecular flexibility index (Phi) is 5.25. The number of amides is 1. The summed E-state index contributed by atoms with van der Waals surface area (Å²) in [6, 6.07) is 3.86. The zero-order valence-electron chi connectivity index (χ0n) is 16.0. The third kappa shape index (κ3) is 4.28. The van der Waals surface area contributed by atoms with Crippen molar-refractivity contribution in [3.05, 3.63) is 30.0 Å². The van der Waals surface area contributed by atoms with Crippen molar-refractivity contribution in [3.8, 4) is 0 Å². The minimum Gasteiger partial charge on any atom is -0.346 e. The lowest BCUT2D eigenvalue weighted by molar-refractivity contribution is -0.117. The smallest absolute Gasteiger partial charge is 0.228 e. The normalized spacial score (nSPS) is 20.2. The Hall–Kier alpha value is -2.19. The number of hydrogen-bond acceptors (Lipinski definition) is 4. The molecule has 3 N–H and O–H groups in total. The quantitative estimate of drug-likeness (QED) is 0.662. The van der Waals surface area contributed by atoms with Gasteiger partial charge in [-0.2, -0.15) is 0 Å². The van der Waals surface area contributed by atoms with Crippen LogP contribution in [0.3, 0.4) is 0 Å². The summed E-state index contributed by atoms with van der Waals surface area (Å²) in [5.74, 6) is 0.884. The van der Waals surface area contributed by atoms with Crippen molar-refractivity contribution >= 4 is 38.4 Å². The van der Waals surface area contributed by atoms with E-state index in [1.807, 2.05) is 25.3 Å². The number of allylic oxidation sites excluding steroid dienone is 1. The van der Waals surface area contributed by atoms with Crippen LogP contribution < -0.4 is 10.0 Å². The predicted molar refractivity (Wildman–Crippen MR) is 110 cm³/mol. The first-order valence-electron chi connectivity index (χ1n) is 9.93. The first-order valence-corrected chi connectivity index (χ1v) is 11.6. The summed E-state index contributed by atoms with van der Waals surface area (Å²) in [5.41, 5.74) is 2.96. The number of aromatic amines is 1. The fraction of sp³-hybridized carbons (Fsp3) is 0.500. The molecule has 1 unspecified atom stereocenters. The molecule has 8 heteroatoms. The molecule has 0 spiro atoms. The maximum atomic E-state index is 12.1. The molecular weight excluding hydrogens is 376 g/mol. The first kappa shape index (κ1) is 19.1. The number of carbonyl (C=O) groups is 1. The van der Waals surface area contributed by atoms with Crippen molar-refractivity contribution in [1.82, 2.24) is 14.7 Å². The number of hydrogen-bond donors (Lipinski definition) is 3. The van der Waals surface area contributed by atoms with E-state index >= 15 is 0 Å². The highest BCUT2D eigenvalue weighted by atomic mass is 32.2. The summed E-state index contributed by atoms with van der Waals surface area (Å²) in [4.78, 5) is 19.8. The number of sulfonamides is 1. The van der Waals surface area contributed by atoms with Gasteiger partial charge in [0, 0.05) is 23.5 Å². The molecule has 0 aromatic carbocycles. The van der Waals surface area contributed by atoms with Crippen LogP contribution in [0.2, 0.25) is 0 Å². The van der Waals surface area contributed by atoms with Crippen LogP contribution >= 0.6 is 0 Å². The van der Waals surface area contributed by atoms with Gasteiger partial charge in [-0.3, -0.25) is 4.79 Å². The number of pyridine rings is 1. The predicted octanol–water partition coefficient (Wildman–Crippen LogP) is 3.18. The van der Waals surface area contributed by atoms with E-state index in [1.54, 1.807) is 0 Å². The molecule has 1 saturated carbocycles. The van der Waals surface area contributed by atoms with Gasteiger partial charge in [-0.25, -0.2) is 18.1 Å². The molecule has 0 bridgehead atoms. The molecule has 0 saturated heterocycles. The molecule has 2 aliphatic rings. The van der Waals surface area contributed by atoms with Crippen LogP contribution in [0.4, 0.5) is 5.82 Å². The number of nitrogens with zero attached hydrogens (tertiary/aromatic N) is 1. The van der Waals surface area contributed by atoms with Crippen LogP contribution in [-0.4, -0.2) is 36.1 Å². The van der Waals surface area contributed by atoms with Crippen molar-refractivity contribution in [2.75, 3.05) is 11.1 Å². The average Bonchev–Trinajstić information content (AvgIpc) is 3.40. The Morgan fingerprint density at radius 2 is 2.14 bits per heavy atom. The van der Waals surface area contributed by atoms with E-state index in [0.717, 1.165) is 42.3 Å². The van der Waals surface area contributed by atoms with Crippen LogP contribution in [0.15, 0.2) is 24.4 Å². The van der Waals surface area contributed by atoms with Gasteiger partial charge in [-0.15, -0.1) is 0 Å². The molecule has 1 fully saturated rings. The summed E-state index contributed by atoms with van der Waals surface area (Å²) >= 11 is 0. The molecule has 4 rings (SSSR count). The van der Waals surface area contributed by atoms with Gasteiger partial charge < -0.3 is 10.3 Å². The number of aromatic nitrogens is 2. The molecule has 1 atom stereocenters. The zero-order chi connectivity index (χ0) is 19.7. The Bertz CT molecular complexity index is 1020. The van der Waals surface area contributed by atoms with Crippen LogP contribution in [-0.2, 0) is 14.8 Å². The Balaban J connectivity index is 1.55. The van der Waals surface area contributed by atoms with E-state index in [2.05, 4.69) is 26.1 Å². The van der Waals surface area contributed by atoms with Crippen molar-refractivity contribution in [3.63, 3.8) is 0 Å². The summed E-state index contributed by atoms with van der Waals surface area (Å²) in [7, 11) is -3.20. The standard InChI is InChI=1S/C20H26N4O3S/c1-2-11-28(26,27)24-15-7-5-13(6-8-15)17-12-18(23-20(25)14-3-4-14)22-19-16(17)9-10-21-19/h5,9-10,12,14-15,24H,2-4,6-8,11H2,1H3,(H2,21,22,23,25). The van der Waals surface area contributed by atoms with Gasteiger partial charge in [0.25, 0.3) is 0 Å². The van der Waals surface area contributed by atoms with E-state index in [0.29, 0.717) is 18.7 Å². The third-order valence-electron chi connectivity index (χ3n) is 5.30. The van der Waals surface area contributed by atoms with Crippen molar-refractivity contribution < 1.29 is 13.2 Å². The van der Waals surface area contributed by atoms with Gasteiger partial charge in [0.05, 0.1) is 5.75 Å². The van der Waals surface area contributed by atoms with Crippen LogP contribution in [0.1, 0.15) is 51.0 Å². The van der Waals surface area contributed by atoms with Crippen LogP contribution in [0.5, 0.6) is 0 Å². The maximum Gasteiger partial charge on any atom is 0.228 e. The molecule has 0 aliphatic heterocycles. The molecule has 28 heavy (non-hydrogen) atoms. The van der Waals surface area contributed by atoms with Gasteiger partial charge in [0.1, 0.15) is 11.5 Å². The largest absolute Gasteiger partial charge is 0.346 e. The summed E-state index contributed by atoms with van der Waals surface area (Å²) in [6.07, 6.45) is 8.66. The number of anilines is 1. The van der Waals surface area contributed by atoms with Crippen molar-refractivity contribution in [2.45, 2.75) is 51.5 Å². The molecule has 2 aromatic rings. The Morgan fingerprint density at radius 3 is 2.82 bits per heavy atom. The minimum atomic E-state index is -3.20. The van der Waals surface area contributed by atoms with Gasteiger partial charge in [-0.05, 0) is 61.8 Å². The number of H-pyrrole nitrogens is 1. The van der Waals surface area contributed by atoms with E-state index in [9.17, 15) is 13.2 Å². The number of rotatable bonds is 7. The Labute approximate surface area is 165 Å². The van der Waals surface area contributed by atoms with E-state index < -0.39 is 10.0 Å². The molecule has 1 amide bonds. The maximum absolute atomic E-state index is 12.1. The topological polar surface area (TPSA) is 104 Å². The lowest BCUT2D eigenvalue weighted by Gasteiger charge is -2.23. The van der Waals surface area contributed by atoms with Crippen LogP contribution in [0.25, 0.3) is 16.6 Å². The molecule has 2 aromatic heterocycles. The minimum absolute atomic E-state index is 0.0346. The molecule has 2 heterocycles. The fourth-order valence-electron chi connectivity index (χ4n) is 3.71. The van der Waals surface area contributed by atoms with Gasteiger partial charge in [-0.1, -0.05) is 13.0 Å².